The number of aromatic nitrogens is 4. The molecule has 0 aliphatic carbocycles. The van der Waals surface area contributed by atoms with E-state index >= 15 is 0 Å². The van der Waals surface area contributed by atoms with Crippen molar-refractivity contribution in [2.45, 2.75) is 13.5 Å². The highest BCUT2D eigenvalue weighted by molar-refractivity contribution is 5.96. The first kappa shape index (κ1) is 11.3. The molecular formula is C15H13N5. The summed E-state index contributed by atoms with van der Waals surface area (Å²) in [5.41, 5.74) is 2.77. The lowest BCUT2D eigenvalue weighted by atomic mass is 10.2. The molecule has 1 aromatic carbocycles. The van der Waals surface area contributed by atoms with Crippen LogP contribution < -0.4 is 0 Å². The van der Waals surface area contributed by atoms with Gasteiger partial charge in [-0.1, -0.05) is 24.3 Å². The van der Waals surface area contributed by atoms with E-state index in [-0.39, 0.29) is 0 Å². The third-order valence-corrected chi connectivity index (χ3v) is 3.57. The second-order valence-electron chi connectivity index (χ2n) is 4.86. The van der Waals surface area contributed by atoms with Crippen molar-refractivity contribution in [2.24, 2.45) is 4.99 Å². The third-order valence-electron chi connectivity index (χ3n) is 3.57. The number of hydrogen-bond acceptors (Lipinski definition) is 4. The summed E-state index contributed by atoms with van der Waals surface area (Å²) in [5.74, 6) is 1.67. The highest BCUT2D eigenvalue weighted by Crippen LogP contribution is 2.21. The van der Waals surface area contributed by atoms with E-state index in [9.17, 15) is 0 Å². The van der Waals surface area contributed by atoms with Crippen molar-refractivity contribution in [1.82, 2.24) is 19.7 Å². The molecule has 0 fully saturated rings. The summed E-state index contributed by atoms with van der Waals surface area (Å²) in [6.07, 6.45) is 0. The molecule has 3 aromatic rings. The van der Waals surface area contributed by atoms with Crippen molar-refractivity contribution in [2.75, 3.05) is 6.54 Å². The van der Waals surface area contributed by atoms with E-state index in [2.05, 4.69) is 36.9 Å². The topological polar surface area (TPSA) is 56.0 Å². The molecule has 1 aliphatic rings. The Hall–Kier alpha value is -2.56. The molecule has 20 heavy (non-hydrogen) atoms. The van der Waals surface area contributed by atoms with Gasteiger partial charge >= 0.3 is 0 Å². The molecule has 1 aliphatic heterocycles. The quantitative estimate of drug-likeness (QED) is 0.677. The number of rotatable bonds is 1. The maximum atomic E-state index is 4.69. The molecule has 2 aromatic heterocycles. The molecule has 3 heterocycles. The Labute approximate surface area is 116 Å². The predicted octanol–water partition coefficient (Wildman–Crippen LogP) is 2.32. The highest BCUT2D eigenvalue weighted by Gasteiger charge is 2.19. The van der Waals surface area contributed by atoms with Crippen LogP contribution in [0.2, 0.25) is 0 Å². The number of aliphatic imine (C=N–C) groups is 1. The molecule has 5 nitrogen and oxygen atoms in total. The zero-order chi connectivity index (χ0) is 13.5. The Morgan fingerprint density at radius 1 is 1.00 bits per heavy atom. The van der Waals surface area contributed by atoms with Gasteiger partial charge in [0.15, 0.2) is 11.6 Å². The predicted molar refractivity (Wildman–Crippen MR) is 77.8 cm³/mol. The van der Waals surface area contributed by atoms with E-state index in [1.165, 1.54) is 0 Å². The first-order valence-corrected chi connectivity index (χ1v) is 6.64. The van der Waals surface area contributed by atoms with E-state index < -0.39 is 0 Å². The van der Waals surface area contributed by atoms with Crippen LogP contribution >= 0.6 is 0 Å². The highest BCUT2D eigenvalue weighted by atomic mass is 15.3. The Bertz CT molecular complexity index is 831. The van der Waals surface area contributed by atoms with Gasteiger partial charge in [0.05, 0.1) is 17.8 Å². The molecule has 0 spiro atoms. The molecule has 0 saturated carbocycles. The van der Waals surface area contributed by atoms with Gasteiger partial charge in [0.25, 0.3) is 0 Å². The molecule has 0 bridgehead atoms. The lowest BCUT2D eigenvalue weighted by Gasteiger charge is -2.13. The zero-order valence-corrected chi connectivity index (χ0v) is 11.1. The minimum Gasteiger partial charge on any atom is -0.303 e. The third kappa shape index (κ3) is 1.63. The maximum absolute atomic E-state index is 4.69. The van der Waals surface area contributed by atoms with Crippen LogP contribution in [0.25, 0.3) is 22.4 Å². The number of para-hydroxylation sites is 1. The van der Waals surface area contributed by atoms with E-state index in [0.29, 0.717) is 0 Å². The Morgan fingerprint density at radius 3 is 2.80 bits per heavy atom. The molecule has 0 radical (unpaired) electrons. The van der Waals surface area contributed by atoms with Crippen molar-refractivity contribution >= 4 is 16.6 Å². The van der Waals surface area contributed by atoms with Crippen LogP contribution in [0.5, 0.6) is 0 Å². The van der Waals surface area contributed by atoms with E-state index in [4.69, 9.17) is 0 Å². The molecule has 4 rings (SSSR count). The van der Waals surface area contributed by atoms with Gasteiger partial charge in [0.2, 0.25) is 0 Å². The number of fused-ring (bicyclic) bond motifs is 2. The first-order valence-electron chi connectivity index (χ1n) is 6.64. The molecule has 0 unspecified atom stereocenters. The second-order valence-corrected chi connectivity index (χ2v) is 4.86. The normalized spacial score (nSPS) is 14.2. The molecule has 0 amide bonds. The fourth-order valence-electron chi connectivity index (χ4n) is 2.55. The van der Waals surface area contributed by atoms with Crippen molar-refractivity contribution in [3.63, 3.8) is 0 Å². The minimum absolute atomic E-state index is 0.775. The molecule has 5 heteroatoms. The summed E-state index contributed by atoms with van der Waals surface area (Å²) in [4.78, 5) is 9.09. The van der Waals surface area contributed by atoms with Gasteiger partial charge in [-0.2, -0.15) is 0 Å². The van der Waals surface area contributed by atoms with Crippen LogP contribution in [0.15, 0.2) is 41.4 Å². The SMILES string of the molecule is CC1=NCCn2c1nnc2-c1ccc2ccccc2n1. The van der Waals surface area contributed by atoms with Gasteiger partial charge < -0.3 is 4.57 Å². The summed E-state index contributed by atoms with van der Waals surface area (Å²) < 4.78 is 2.10. The maximum Gasteiger partial charge on any atom is 0.183 e. The standard InChI is InChI=1S/C15H13N5/c1-10-14-18-19-15(20(14)9-8-16-10)13-7-6-11-4-2-3-5-12(11)17-13/h2-7H,8-9H2,1H3. The van der Waals surface area contributed by atoms with Crippen LogP contribution in [0.1, 0.15) is 12.7 Å². The molecule has 0 N–H and O–H groups in total. The Morgan fingerprint density at radius 2 is 1.85 bits per heavy atom. The van der Waals surface area contributed by atoms with Crippen molar-refractivity contribution in [1.29, 1.82) is 0 Å². The van der Waals surface area contributed by atoms with Crippen LogP contribution in [-0.4, -0.2) is 32.0 Å². The van der Waals surface area contributed by atoms with E-state index in [1.54, 1.807) is 0 Å². The van der Waals surface area contributed by atoms with Gasteiger partial charge in [-0.25, -0.2) is 4.98 Å². The van der Waals surface area contributed by atoms with Crippen LogP contribution in [-0.2, 0) is 6.54 Å². The number of benzene rings is 1. The summed E-state index contributed by atoms with van der Waals surface area (Å²) in [5, 5.41) is 9.66. The average molecular weight is 263 g/mol. The Balaban J connectivity index is 1.90. The number of pyridine rings is 1. The van der Waals surface area contributed by atoms with Crippen molar-refractivity contribution < 1.29 is 0 Å². The van der Waals surface area contributed by atoms with Gasteiger partial charge in [-0.05, 0) is 19.1 Å². The molecule has 98 valence electrons. The van der Waals surface area contributed by atoms with Gasteiger partial charge in [-0.15, -0.1) is 10.2 Å². The fraction of sp³-hybridized carbons (Fsp3) is 0.200. The average Bonchev–Trinajstić information content (AvgIpc) is 2.92. The monoisotopic (exact) mass is 263 g/mol. The first-order chi connectivity index (χ1) is 9.83. The fourth-order valence-corrected chi connectivity index (χ4v) is 2.55. The second kappa shape index (κ2) is 4.23. The number of nitrogens with zero attached hydrogens (tertiary/aromatic N) is 5. The van der Waals surface area contributed by atoms with E-state index in [1.807, 2.05) is 31.2 Å². The van der Waals surface area contributed by atoms with Crippen LogP contribution in [0.4, 0.5) is 0 Å². The largest absolute Gasteiger partial charge is 0.303 e. The smallest absolute Gasteiger partial charge is 0.183 e. The van der Waals surface area contributed by atoms with Crippen molar-refractivity contribution in [3.8, 4) is 11.5 Å². The van der Waals surface area contributed by atoms with Gasteiger partial charge in [-0.3, -0.25) is 4.99 Å². The zero-order valence-electron chi connectivity index (χ0n) is 11.1. The Kier molecular flexibility index (Phi) is 2.39. The van der Waals surface area contributed by atoms with E-state index in [0.717, 1.165) is 47.0 Å². The molecular weight excluding hydrogens is 250 g/mol. The summed E-state index contributed by atoms with van der Waals surface area (Å²) in [6, 6.07) is 12.2. The van der Waals surface area contributed by atoms with Crippen molar-refractivity contribution in [3.05, 3.63) is 42.2 Å². The number of hydrogen-bond donors (Lipinski definition) is 0. The van der Waals surface area contributed by atoms with Crippen LogP contribution in [0, 0.1) is 0 Å². The summed E-state index contributed by atoms with van der Waals surface area (Å²) in [6.45, 7) is 3.55. The van der Waals surface area contributed by atoms with Gasteiger partial charge in [0, 0.05) is 11.9 Å². The lowest BCUT2D eigenvalue weighted by molar-refractivity contribution is 0.685. The minimum atomic E-state index is 0.775. The molecule has 0 saturated heterocycles. The molecule has 0 atom stereocenters. The lowest BCUT2D eigenvalue weighted by Crippen LogP contribution is -2.17. The summed E-state index contributed by atoms with van der Waals surface area (Å²) in [7, 11) is 0. The van der Waals surface area contributed by atoms with Gasteiger partial charge in [0.1, 0.15) is 5.69 Å². The van der Waals surface area contributed by atoms with Crippen LogP contribution in [0.3, 0.4) is 0 Å². The summed E-state index contributed by atoms with van der Waals surface area (Å²) >= 11 is 0.